The number of hydrogen-bond donors (Lipinski definition) is 1. The first-order valence-electron chi connectivity index (χ1n) is 7.01. The molecule has 5 heteroatoms. The molecule has 1 aromatic heterocycles. The van der Waals surface area contributed by atoms with Gasteiger partial charge in [0.15, 0.2) is 0 Å². The van der Waals surface area contributed by atoms with Gasteiger partial charge in [-0.15, -0.1) is 0 Å². The third kappa shape index (κ3) is 6.50. The Bertz CT molecular complexity index is 336. The first-order valence-corrected chi connectivity index (χ1v) is 7.01. The van der Waals surface area contributed by atoms with Gasteiger partial charge in [-0.1, -0.05) is 6.92 Å². The summed E-state index contributed by atoms with van der Waals surface area (Å²) >= 11 is 0. The first kappa shape index (κ1) is 15.9. The van der Waals surface area contributed by atoms with Gasteiger partial charge in [-0.25, -0.2) is 9.97 Å². The third-order valence-electron chi connectivity index (χ3n) is 2.89. The lowest BCUT2D eigenvalue weighted by Crippen LogP contribution is -2.25. The van der Waals surface area contributed by atoms with Gasteiger partial charge >= 0.3 is 0 Å². The van der Waals surface area contributed by atoms with Gasteiger partial charge in [-0.05, 0) is 40.0 Å². The molecule has 0 bridgehead atoms. The molecule has 0 spiro atoms. The van der Waals surface area contributed by atoms with Gasteiger partial charge in [0.1, 0.15) is 0 Å². The summed E-state index contributed by atoms with van der Waals surface area (Å²) < 4.78 is 0. The quantitative estimate of drug-likeness (QED) is 0.683. The molecule has 0 atom stereocenters. The number of hydrogen-bond acceptors (Lipinski definition) is 5. The lowest BCUT2D eigenvalue weighted by molar-refractivity contribution is 0.401. The van der Waals surface area contributed by atoms with E-state index in [1.54, 1.807) is 0 Å². The van der Waals surface area contributed by atoms with Crippen LogP contribution in [0.4, 0.5) is 5.95 Å². The van der Waals surface area contributed by atoms with Crippen molar-refractivity contribution in [2.24, 2.45) is 0 Å². The van der Waals surface area contributed by atoms with Crippen LogP contribution in [0.1, 0.15) is 25.3 Å². The van der Waals surface area contributed by atoms with Crippen molar-refractivity contribution in [1.82, 2.24) is 20.2 Å². The van der Waals surface area contributed by atoms with Crippen LogP contribution >= 0.6 is 0 Å². The Labute approximate surface area is 117 Å². The van der Waals surface area contributed by atoms with E-state index in [4.69, 9.17) is 0 Å². The lowest BCUT2D eigenvalue weighted by Gasteiger charge is -2.18. The molecule has 0 aliphatic carbocycles. The number of aromatic nitrogens is 2. The molecular formula is C14H27N5. The fourth-order valence-corrected chi connectivity index (χ4v) is 1.77. The summed E-state index contributed by atoms with van der Waals surface area (Å²) in [5.41, 5.74) is 1.14. The van der Waals surface area contributed by atoms with Crippen molar-refractivity contribution in [3.05, 3.63) is 18.0 Å². The second kappa shape index (κ2) is 8.82. The van der Waals surface area contributed by atoms with Crippen molar-refractivity contribution in [3.8, 4) is 0 Å². The maximum absolute atomic E-state index is 4.42. The molecule has 0 amide bonds. The zero-order valence-electron chi connectivity index (χ0n) is 12.7. The topological polar surface area (TPSA) is 44.3 Å². The standard InChI is InChI=1S/C14H27N5/c1-5-7-15-10-13-11-16-14(17-12-13)19(4)9-6-8-18(2)3/h11-12,15H,5-10H2,1-4H3. The Morgan fingerprint density at radius 1 is 1.11 bits per heavy atom. The monoisotopic (exact) mass is 265 g/mol. The molecule has 0 saturated carbocycles. The summed E-state index contributed by atoms with van der Waals surface area (Å²) in [5, 5.41) is 3.35. The molecule has 5 nitrogen and oxygen atoms in total. The van der Waals surface area contributed by atoms with Crippen molar-refractivity contribution in [2.75, 3.05) is 45.7 Å². The smallest absolute Gasteiger partial charge is 0.224 e. The minimum atomic E-state index is 0.804. The summed E-state index contributed by atoms with van der Waals surface area (Å²) in [4.78, 5) is 13.1. The number of nitrogens with one attached hydrogen (secondary N) is 1. The molecule has 0 aromatic carbocycles. The van der Waals surface area contributed by atoms with Crippen molar-refractivity contribution >= 4 is 5.95 Å². The average molecular weight is 265 g/mol. The predicted molar refractivity (Wildman–Crippen MR) is 80.5 cm³/mol. The molecule has 0 radical (unpaired) electrons. The molecule has 0 unspecified atom stereocenters. The number of rotatable bonds is 9. The number of anilines is 1. The normalized spacial score (nSPS) is 11.0. The van der Waals surface area contributed by atoms with Crippen LogP contribution in [0, 0.1) is 0 Å². The first-order chi connectivity index (χ1) is 9.13. The maximum Gasteiger partial charge on any atom is 0.224 e. The molecular weight excluding hydrogens is 238 g/mol. The number of nitrogens with zero attached hydrogens (tertiary/aromatic N) is 4. The minimum Gasteiger partial charge on any atom is -0.344 e. The van der Waals surface area contributed by atoms with E-state index in [2.05, 4.69) is 46.1 Å². The molecule has 1 aromatic rings. The van der Waals surface area contributed by atoms with Crippen molar-refractivity contribution < 1.29 is 0 Å². The van der Waals surface area contributed by atoms with Gasteiger partial charge in [0.25, 0.3) is 0 Å². The van der Waals surface area contributed by atoms with Crippen LogP contribution in [0.5, 0.6) is 0 Å². The van der Waals surface area contributed by atoms with E-state index in [0.717, 1.165) is 50.5 Å². The molecule has 108 valence electrons. The highest BCUT2D eigenvalue weighted by Gasteiger charge is 2.04. The van der Waals surface area contributed by atoms with Gasteiger partial charge in [0, 0.05) is 38.1 Å². The highest BCUT2D eigenvalue weighted by Crippen LogP contribution is 2.05. The molecule has 1 rings (SSSR count). The predicted octanol–water partition coefficient (Wildman–Crippen LogP) is 1.36. The minimum absolute atomic E-state index is 0.804. The SMILES string of the molecule is CCCNCc1cnc(N(C)CCCN(C)C)nc1. The Morgan fingerprint density at radius 2 is 1.79 bits per heavy atom. The van der Waals surface area contributed by atoms with Crippen LogP contribution in [0.2, 0.25) is 0 Å². The van der Waals surface area contributed by atoms with Gasteiger partial charge < -0.3 is 15.1 Å². The van der Waals surface area contributed by atoms with E-state index < -0.39 is 0 Å². The zero-order chi connectivity index (χ0) is 14.1. The van der Waals surface area contributed by atoms with E-state index in [1.165, 1.54) is 0 Å². The zero-order valence-corrected chi connectivity index (χ0v) is 12.7. The van der Waals surface area contributed by atoms with Crippen LogP contribution in [-0.4, -0.2) is 55.6 Å². The van der Waals surface area contributed by atoms with Gasteiger partial charge in [-0.3, -0.25) is 0 Å². The van der Waals surface area contributed by atoms with Gasteiger partial charge in [-0.2, -0.15) is 0 Å². The van der Waals surface area contributed by atoms with E-state index >= 15 is 0 Å². The fourth-order valence-electron chi connectivity index (χ4n) is 1.77. The average Bonchev–Trinajstić information content (AvgIpc) is 2.39. The second-order valence-electron chi connectivity index (χ2n) is 5.15. The summed E-state index contributed by atoms with van der Waals surface area (Å²) in [6.45, 7) is 6.11. The Morgan fingerprint density at radius 3 is 2.37 bits per heavy atom. The van der Waals surface area contributed by atoms with E-state index in [-0.39, 0.29) is 0 Å². The third-order valence-corrected chi connectivity index (χ3v) is 2.89. The molecule has 1 heterocycles. The molecule has 0 aliphatic rings. The Hall–Kier alpha value is -1.20. The summed E-state index contributed by atoms with van der Waals surface area (Å²) in [6.07, 6.45) is 6.08. The largest absolute Gasteiger partial charge is 0.344 e. The van der Waals surface area contributed by atoms with Crippen molar-refractivity contribution in [2.45, 2.75) is 26.3 Å². The summed E-state index contributed by atoms with van der Waals surface area (Å²) in [5.74, 6) is 0.804. The summed E-state index contributed by atoms with van der Waals surface area (Å²) in [6, 6.07) is 0. The summed E-state index contributed by atoms with van der Waals surface area (Å²) in [7, 11) is 6.23. The molecule has 19 heavy (non-hydrogen) atoms. The van der Waals surface area contributed by atoms with E-state index in [0.29, 0.717) is 0 Å². The highest BCUT2D eigenvalue weighted by atomic mass is 15.2. The van der Waals surface area contributed by atoms with E-state index in [9.17, 15) is 0 Å². The Balaban J connectivity index is 2.37. The molecule has 0 aliphatic heterocycles. The molecule has 0 fully saturated rings. The molecule has 1 N–H and O–H groups in total. The van der Waals surface area contributed by atoms with E-state index in [1.807, 2.05) is 19.4 Å². The second-order valence-corrected chi connectivity index (χ2v) is 5.15. The van der Waals surface area contributed by atoms with Crippen LogP contribution in [0.15, 0.2) is 12.4 Å². The van der Waals surface area contributed by atoms with Gasteiger partial charge in [0.05, 0.1) is 0 Å². The van der Waals surface area contributed by atoms with Crippen molar-refractivity contribution in [1.29, 1.82) is 0 Å². The van der Waals surface area contributed by atoms with Crippen LogP contribution in [-0.2, 0) is 6.54 Å². The maximum atomic E-state index is 4.42. The highest BCUT2D eigenvalue weighted by molar-refractivity contribution is 5.28. The Kier molecular flexibility index (Phi) is 7.36. The van der Waals surface area contributed by atoms with Crippen molar-refractivity contribution in [3.63, 3.8) is 0 Å². The fraction of sp³-hybridized carbons (Fsp3) is 0.714. The van der Waals surface area contributed by atoms with Crippen LogP contribution in [0.25, 0.3) is 0 Å². The lowest BCUT2D eigenvalue weighted by atomic mass is 10.3. The van der Waals surface area contributed by atoms with Gasteiger partial charge in [0.2, 0.25) is 5.95 Å². The molecule has 0 saturated heterocycles. The van der Waals surface area contributed by atoms with Crippen LogP contribution < -0.4 is 10.2 Å². The van der Waals surface area contributed by atoms with Crippen LogP contribution in [0.3, 0.4) is 0 Å².